The summed E-state index contributed by atoms with van der Waals surface area (Å²) in [5.41, 5.74) is 3.44. The summed E-state index contributed by atoms with van der Waals surface area (Å²) in [7, 11) is 1.38. The first-order valence-electron chi connectivity index (χ1n) is 6.33. The minimum Gasteiger partial charge on any atom is -0.469 e. The molecule has 7 heteroatoms. The van der Waals surface area contributed by atoms with Crippen LogP contribution in [0.5, 0.6) is 0 Å². The smallest absolute Gasteiger partial charge is 0.306 e. The second-order valence-electron chi connectivity index (χ2n) is 4.10. The van der Waals surface area contributed by atoms with Gasteiger partial charge in [0.15, 0.2) is 5.82 Å². The number of hydrazine groups is 1. The Bertz CT molecular complexity index is 607. The number of anilines is 1. The monoisotopic (exact) mass is 304 g/mol. The molecule has 0 atom stereocenters. The van der Waals surface area contributed by atoms with Crippen molar-refractivity contribution >= 4 is 23.5 Å². The molecule has 1 aromatic heterocycles. The predicted molar refractivity (Wildman–Crippen MR) is 82.6 cm³/mol. The quantitative estimate of drug-likeness (QED) is 0.277. The van der Waals surface area contributed by atoms with E-state index in [1.54, 1.807) is 6.07 Å². The Balaban J connectivity index is 2.16. The van der Waals surface area contributed by atoms with Crippen molar-refractivity contribution in [1.29, 1.82) is 0 Å². The van der Waals surface area contributed by atoms with Crippen molar-refractivity contribution in [2.45, 2.75) is 11.4 Å². The van der Waals surface area contributed by atoms with Gasteiger partial charge in [-0.2, -0.15) is 0 Å². The molecule has 0 fully saturated rings. The highest BCUT2D eigenvalue weighted by Crippen LogP contribution is 2.23. The van der Waals surface area contributed by atoms with Crippen LogP contribution in [0, 0.1) is 0 Å². The highest BCUT2D eigenvalue weighted by molar-refractivity contribution is 7.99. The number of nitrogens with two attached hydrogens (primary N) is 1. The van der Waals surface area contributed by atoms with Crippen molar-refractivity contribution in [2.75, 3.05) is 18.3 Å². The molecule has 0 amide bonds. The zero-order chi connectivity index (χ0) is 15.1. The maximum atomic E-state index is 11.1. The lowest BCUT2D eigenvalue weighted by molar-refractivity contribution is -0.140. The molecule has 0 saturated carbocycles. The van der Waals surface area contributed by atoms with Crippen LogP contribution < -0.4 is 11.3 Å². The van der Waals surface area contributed by atoms with Crippen LogP contribution in [0.2, 0.25) is 0 Å². The Labute approximate surface area is 127 Å². The summed E-state index contributed by atoms with van der Waals surface area (Å²) in [6, 6.07) is 11.4. The number of benzene rings is 1. The molecular weight excluding hydrogens is 288 g/mol. The molecule has 0 saturated heterocycles. The van der Waals surface area contributed by atoms with Gasteiger partial charge < -0.3 is 10.2 Å². The SMILES string of the molecule is COC(=O)CCSc1cc(NN)nc(-c2ccccc2)n1. The van der Waals surface area contributed by atoms with E-state index in [0.717, 1.165) is 10.6 Å². The Morgan fingerprint density at radius 1 is 1.33 bits per heavy atom. The van der Waals surface area contributed by atoms with Gasteiger partial charge in [-0.3, -0.25) is 4.79 Å². The summed E-state index contributed by atoms with van der Waals surface area (Å²) in [4.78, 5) is 19.9. The summed E-state index contributed by atoms with van der Waals surface area (Å²) in [6.45, 7) is 0. The molecule has 0 spiro atoms. The van der Waals surface area contributed by atoms with Crippen LogP contribution >= 0.6 is 11.8 Å². The Morgan fingerprint density at radius 2 is 2.10 bits per heavy atom. The van der Waals surface area contributed by atoms with Gasteiger partial charge in [0.25, 0.3) is 0 Å². The van der Waals surface area contributed by atoms with Crippen LogP contribution in [0.4, 0.5) is 5.82 Å². The Morgan fingerprint density at radius 3 is 2.76 bits per heavy atom. The summed E-state index contributed by atoms with van der Waals surface area (Å²) in [5.74, 6) is 6.91. The molecule has 0 radical (unpaired) electrons. The zero-order valence-electron chi connectivity index (χ0n) is 11.6. The van der Waals surface area contributed by atoms with Crippen molar-refractivity contribution in [1.82, 2.24) is 9.97 Å². The number of hydrogen-bond acceptors (Lipinski definition) is 7. The molecule has 0 aliphatic heterocycles. The molecular formula is C14H16N4O2S. The lowest BCUT2D eigenvalue weighted by Crippen LogP contribution is -2.10. The summed E-state index contributed by atoms with van der Waals surface area (Å²) < 4.78 is 4.61. The van der Waals surface area contributed by atoms with E-state index >= 15 is 0 Å². The molecule has 0 unspecified atom stereocenters. The first-order chi connectivity index (χ1) is 10.2. The maximum Gasteiger partial charge on any atom is 0.306 e. The Hall–Kier alpha value is -2.12. The van der Waals surface area contributed by atoms with Crippen LogP contribution in [-0.2, 0) is 9.53 Å². The summed E-state index contributed by atoms with van der Waals surface area (Å²) >= 11 is 1.45. The fourth-order valence-corrected chi connectivity index (χ4v) is 2.45. The lowest BCUT2D eigenvalue weighted by atomic mass is 10.2. The van der Waals surface area contributed by atoms with E-state index in [1.807, 2.05) is 30.3 Å². The van der Waals surface area contributed by atoms with Gasteiger partial charge in [0.05, 0.1) is 13.5 Å². The number of thioether (sulfide) groups is 1. The molecule has 2 rings (SSSR count). The zero-order valence-corrected chi connectivity index (χ0v) is 12.4. The van der Waals surface area contributed by atoms with Gasteiger partial charge >= 0.3 is 5.97 Å². The summed E-state index contributed by atoms with van der Waals surface area (Å²) in [6.07, 6.45) is 0.331. The fourth-order valence-electron chi connectivity index (χ4n) is 1.63. The first kappa shape index (κ1) is 15.3. The van der Waals surface area contributed by atoms with Gasteiger partial charge in [-0.25, -0.2) is 15.8 Å². The normalized spacial score (nSPS) is 10.2. The van der Waals surface area contributed by atoms with Crippen molar-refractivity contribution in [3.8, 4) is 11.4 Å². The number of nitrogens with zero attached hydrogens (tertiary/aromatic N) is 2. The van der Waals surface area contributed by atoms with Gasteiger partial charge in [0, 0.05) is 17.4 Å². The van der Waals surface area contributed by atoms with Gasteiger partial charge in [-0.05, 0) is 0 Å². The molecule has 110 valence electrons. The molecule has 1 aromatic carbocycles. The van der Waals surface area contributed by atoms with Crippen LogP contribution in [0.3, 0.4) is 0 Å². The number of nitrogens with one attached hydrogen (secondary N) is 1. The molecule has 0 bridgehead atoms. The van der Waals surface area contributed by atoms with Crippen molar-refractivity contribution < 1.29 is 9.53 Å². The molecule has 1 heterocycles. The molecule has 6 nitrogen and oxygen atoms in total. The Kier molecular flexibility index (Phi) is 5.53. The number of ether oxygens (including phenoxy) is 1. The third kappa shape index (κ3) is 4.44. The van der Waals surface area contributed by atoms with Gasteiger partial charge in [-0.1, -0.05) is 30.3 Å². The predicted octanol–water partition coefficient (Wildman–Crippen LogP) is 2.08. The molecule has 2 aromatic rings. The maximum absolute atomic E-state index is 11.1. The third-order valence-electron chi connectivity index (χ3n) is 2.67. The average molecular weight is 304 g/mol. The number of esters is 1. The second-order valence-corrected chi connectivity index (χ2v) is 5.22. The van der Waals surface area contributed by atoms with Crippen LogP contribution in [0.1, 0.15) is 6.42 Å². The standard InChI is InChI=1S/C14H16N4O2S/c1-20-13(19)7-8-21-12-9-11(18-15)16-14(17-12)10-5-3-2-4-6-10/h2-6,9H,7-8,15H2,1H3,(H,16,17,18). The number of nitrogen functional groups attached to an aromatic ring is 1. The number of rotatable bonds is 6. The number of hydrogen-bond donors (Lipinski definition) is 2. The number of carbonyl (C=O) groups excluding carboxylic acids is 1. The van der Waals surface area contributed by atoms with Gasteiger partial charge in [0.1, 0.15) is 10.8 Å². The topological polar surface area (TPSA) is 90.1 Å². The third-order valence-corrected chi connectivity index (χ3v) is 3.58. The summed E-state index contributed by atoms with van der Waals surface area (Å²) in [5, 5.41) is 0.751. The van der Waals surface area contributed by atoms with Crippen LogP contribution in [0.25, 0.3) is 11.4 Å². The molecule has 21 heavy (non-hydrogen) atoms. The van der Waals surface area contributed by atoms with E-state index < -0.39 is 0 Å². The van der Waals surface area contributed by atoms with Crippen LogP contribution in [0.15, 0.2) is 41.4 Å². The minimum absolute atomic E-state index is 0.239. The minimum atomic E-state index is -0.239. The van der Waals surface area contributed by atoms with Crippen molar-refractivity contribution in [3.05, 3.63) is 36.4 Å². The number of carbonyl (C=O) groups is 1. The van der Waals surface area contributed by atoms with E-state index in [-0.39, 0.29) is 5.97 Å². The van der Waals surface area contributed by atoms with E-state index in [0.29, 0.717) is 23.8 Å². The molecule has 0 aliphatic rings. The average Bonchev–Trinajstić information content (AvgIpc) is 2.55. The molecule has 3 N–H and O–H groups in total. The largest absolute Gasteiger partial charge is 0.469 e. The highest BCUT2D eigenvalue weighted by atomic mass is 32.2. The number of aromatic nitrogens is 2. The first-order valence-corrected chi connectivity index (χ1v) is 7.32. The van der Waals surface area contributed by atoms with Gasteiger partial charge in [-0.15, -0.1) is 11.8 Å². The van der Waals surface area contributed by atoms with E-state index in [4.69, 9.17) is 5.84 Å². The van der Waals surface area contributed by atoms with Crippen molar-refractivity contribution in [2.24, 2.45) is 5.84 Å². The van der Waals surface area contributed by atoms with Crippen LogP contribution in [-0.4, -0.2) is 28.8 Å². The highest BCUT2D eigenvalue weighted by Gasteiger charge is 2.08. The van der Waals surface area contributed by atoms with E-state index in [1.165, 1.54) is 18.9 Å². The lowest BCUT2D eigenvalue weighted by Gasteiger charge is -2.07. The second kappa shape index (κ2) is 7.61. The van der Waals surface area contributed by atoms with E-state index in [2.05, 4.69) is 20.1 Å². The van der Waals surface area contributed by atoms with Crippen molar-refractivity contribution in [3.63, 3.8) is 0 Å². The number of methoxy groups -OCH3 is 1. The fraction of sp³-hybridized carbons (Fsp3) is 0.214. The van der Waals surface area contributed by atoms with Gasteiger partial charge in [0.2, 0.25) is 0 Å². The molecule has 0 aliphatic carbocycles. The van der Waals surface area contributed by atoms with E-state index in [9.17, 15) is 4.79 Å².